The smallest absolute Gasteiger partial charge is 0.279 e. The van der Waals surface area contributed by atoms with Crippen LogP contribution >= 0.6 is 0 Å². The summed E-state index contributed by atoms with van der Waals surface area (Å²) in [7, 11) is 3.65. The summed E-state index contributed by atoms with van der Waals surface area (Å²) in [6.07, 6.45) is 1.23. The van der Waals surface area contributed by atoms with Crippen LogP contribution in [-0.2, 0) is 6.42 Å². The Balaban J connectivity index is 1.42. The number of hydrogen-bond donors (Lipinski definition) is 0. The summed E-state index contributed by atoms with van der Waals surface area (Å²) in [5, 5.41) is 0.428. The van der Waals surface area contributed by atoms with Crippen molar-refractivity contribution in [2.45, 2.75) is 12.8 Å². The largest absolute Gasteiger partial charge is 0.497 e. The number of nitrogens with zero attached hydrogens (tertiary/aromatic N) is 4. The van der Waals surface area contributed by atoms with Crippen molar-refractivity contribution in [2.75, 3.05) is 27.2 Å². The van der Waals surface area contributed by atoms with Crippen LogP contribution in [0.1, 0.15) is 22.5 Å². The Kier molecular flexibility index (Phi) is 6.47. The van der Waals surface area contributed by atoms with E-state index in [4.69, 9.17) is 4.74 Å². The number of benzene rings is 2. The number of Topliss-reactive ketones (excluding diaryl/α,β-unsaturated/α-hetero) is 1. The molecule has 0 unspecified atom stereocenters. The highest BCUT2D eigenvalue weighted by atomic mass is 16.5. The number of carbonyl (C=O) groups excluding carboxylic acids is 1. The molecule has 2 aromatic heterocycles. The minimum absolute atomic E-state index is 0.0665. The Morgan fingerprint density at radius 2 is 1.69 bits per heavy atom. The highest BCUT2D eigenvalue weighted by molar-refractivity contribution is 5.96. The van der Waals surface area contributed by atoms with Gasteiger partial charge in [0.25, 0.3) is 5.56 Å². The quantitative estimate of drug-likeness (QED) is 0.398. The van der Waals surface area contributed by atoms with Crippen molar-refractivity contribution in [3.05, 3.63) is 82.3 Å². The molecule has 0 amide bonds. The van der Waals surface area contributed by atoms with Gasteiger partial charge in [-0.15, -0.1) is 0 Å². The first-order valence-electron chi connectivity index (χ1n) is 10.5. The van der Waals surface area contributed by atoms with E-state index in [1.54, 1.807) is 43.5 Å². The maximum atomic E-state index is 12.7. The minimum atomic E-state index is -0.359. The van der Waals surface area contributed by atoms with Crippen LogP contribution in [-0.4, -0.2) is 52.9 Å². The van der Waals surface area contributed by atoms with Crippen LogP contribution in [0.4, 0.5) is 0 Å². The van der Waals surface area contributed by atoms with Gasteiger partial charge in [0.15, 0.2) is 11.4 Å². The molecule has 32 heavy (non-hydrogen) atoms. The third-order valence-electron chi connectivity index (χ3n) is 5.38. The highest BCUT2D eigenvalue weighted by Crippen LogP contribution is 2.13. The Morgan fingerprint density at radius 3 is 2.47 bits per heavy atom. The highest BCUT2D eigenvalue weighted by Gasteiger charge is 2.12. The van der Waals surface area contributed by atoms with Gasteiger partial charge in [-0.2, -0.15) is 0 Å². The van der Waals surface area contributed by atoms with E-state index in [0.29, 0.717) is 40.7 Å². The van der Waals surface area contributed by atoms with Crippen LogP contribution in [0.15, 0.2) is 65.5 Å². The van der Waals surface area contributed by atoms with E-state index in [9.17, 15) is 9.59 Å². The number of para-hydroxylation sites is 1. The van der Waals surface area contributed by atoms with Crippen molar-refractivity contribution in [1.82, 2.24) is 19.9 Å². The molecule has 162 valence electrons. The predicted octanol–water partition coefficient (Wildman–Crippen LogP) is 3.29. The molecule has 0 fully saturated rings. The molecule has 0 aliphatic carbocycles. The number of rotatable bonds is 8. The summed E-state index contributed by atoms with van der Waals surface area (Å²) in [5.74, 6) is 0.775. The van der Waals surface area contributed by atoms with Crippen molar-refractivity contribution in [1.29, 1.82) is 0 Å². The number of pyridine rings is 1. The molecule has 0 atom stereocenters. The molecule has 7 nitrogen and oxygen atoms in total. The molecule has 0 spiro atoms. The zero-order valence-corrected chi connectivity index (χ0v) is 18.1. The normalized spacial score (nSPS) is 11.2. The monoisotopic (exact) mass is 428 g/mol. The Morgan fingerprint density at radius 1 is 0.906 bits per heavy atom. The van der Waals surface area contributed by atoms with Gasteiger partial charge in [-0.3, -0.25) is 9.59 Å². The van der Waals surface area contributed by atoms with Crippen LogP contribution in [0.5, 0.6) is 5.75 Å². The summed E-state index contributed by atoms with van der Waals surface area (Å²) in [4.78, 5) is 40.2. The van der Waals surface area contributed by atoms with E-state index < -0.39 is 0 Å². The van der Waals surface area contributed by atoms with Gasteiger partial charge in [0.2, 0.25) is 0 Å². The number of likely N-dealkylation sites (N-methyl/N-ethyl adjacent to an activating group) is 1. The number of fused-ring (bicyclic) bond motifs is 2. The van der Waals surface area contributed by atoms with Gasteiger partial charge in [-0.1, -0.05) is 24.3 Å². The zero-order chi connectivity index (χ0) is 22.5. The van der Waals surface area contributed by atoms with Crippen molar-refractivity contribution < 1.29 is 9.53 Å². The third kappa shape index (κ3) is 4.95. The molecule has 0 bridgehead atoms. The maximum Gasteiger partial charge on any atom is 0.279 e. The molecule has 0 saturated carbocycles. The van der Waals surface area contributed by atoms with Gasteiger partial charge in [-0.05, 0) is 55.4 Å². The molecule has 2 heterocycles. The fourth-order valence-electron chi connectivity index (χ4n) is 3.45. The lowest BCUT2D eigenvalue weighted by Crippen LogP contribution is -2.24. The lowest BCUT2D eigenvalue weighted by atomic mass is 10.1. The average Bonchev–Trinajstić information content (AvgIpc) is 2.96. The molecule has 4 aromatic rings. The molecule has 0 N–H and O–H groups in total. The Hall–Kier alpha value is -3.71. The number of ketones is 1. The molecule has 2 aromatic carbocycles. The molecule has 7 heteroatoms. The summed E-state index contributed by atoms with van der Waals surface area (Å²) in [6, 6.07) is 18.2. The topological polar surface area (TPSA) is 85.3 Å². The number of aromatic nitrogens is 3. The molecular formula is C25H24N4O3. The lowest BCUT2D eigenvalue weighted by molar-refractivity contribution is 0.0964. The first-order valence-corrected chi connectivity index (χ1v) is 10.5. The third-order valence-corrected chi connectivity index (χ3v) is 5.38. The van der Waals surface area contributed by atoms with Gasteiger partial charge < -0.3 is 9.64 Å². The summed E-state index contributed by atoms with van der Waals surface area (Å²) in [5.41, 5.74) is 2.37. The molecule has 0 aliphatic heterocycles. The minimum Gasteiger partial charge on any atom is -0.497 e. The van der Waals surface area contributed by atoms with E-state index in [-0.39, 0.29) is 11.3 Å². The van der Waals surface area contributed by atoms with Crippen LogP contribution in [0, 0.1) is 0 Å². The number of hydrogen-bond acceptors (Lipinski definition) is 7. The summed E-state index contributed by atoms with van der Waals surface area (Å²) in [6.45, 7) is 1.46. The summed E-state index contributed by atoms with van der Waals surface area (Å²) >= 11 is 0. The maximum absolute atomic E-state index is 12.7. The van der Waals surface area contributed by atoms with E-state index in [0.717, 1.165) is 18.7 Å². The van der Waals surface area contributed by atoms with Crippen LogP contribution in [0.3, 0.4) is 0 Å². The molecule has 0 saturated heterocycles. The SMILES string of the molecule is COc1ccc(CCN(C)CCC(=O)c2ccc3nc(=O)c4ccccc4nc3n2)cc1. The standard InChI is InChI=1S/C25H24N4O3/c1-29(15-13-17-7-9-18(32-2)10-8-17)16-14-23(30)21-11-12-22-24(27-21)26-20-6-4-3-5-19(20)25(31)28-22/h3-12H,13-16H2,1-2H3. The van der Waals surface area contributed by atoms with Crippen LogP contribution in [0.2, 0.25) is 0 Å². The van der Waals surface area contributed by atoms with Gasteiger partial charge >= 0.3 is 0 Å². The van der Waals surface area contributed by atoms with E-state index >= 15 is 0 Å². The van der Waals surface area contributed by atoms with Gasteiger partial charge in [0.1, 0.15) is 17.0 Å². The molecule has 0 aliphatic rings. The van der Waals surface area contributed by atoms with Crippen molar-refractivity contribution in [3.63, 3.8) is 0 Å². The average molecular weight is 428 g/mol. The first kappa shape index (κ1) is 21.5. The summed E-state index contributed by atoms with van der Waals surface area (Å²) < 4.78 is 5.18. The molecular weight excluding hydrogens is 404 g/mol. The zero-order valence-electron chi connectivity index (χ0n) is 18.1. The number of methoxy groups -OCH3 is 1. The predicted molar refractivity (Wildman–Crippen MR) is 124 cm³/mol. The van der Waals surface area contributed by atoms with E-state index in [1.165, 1.54) is 5.56 Å². The van der Waals surface area contributed by atoms with Crippen molar-refractivity contribution in [3.8, 4) is 5.75 Å². The second kappa shape index (κ2) is 9.62. The fraction of sp³-hybridized carbons (Fsp3) is 0.240. The number of ether oxygens (including phenoxy) is 1. The van der Waals surface area contributed by atoms with Gasteiger partial charge in [0.05, 0.1) is 18.0 Å². The molecule has 4 rings (SSSR count). The van der Waals surface area contributed by atoms with Crippen LogP contribution in [0.25, 0.3) is 22.1 Å². The van der Waals surface area contributed by atoms with E-state index in [2.05, 4.69) is 32.0 Å². The van der Waals surface area contributed by atoms with Crippen molar-refractivity contribution in [2.24, 2.45) is 0 Å². The second-order valence-corrected chi connectivity index (χ2v) is 7.66. The van der Waals surface area contributed by atoms with Gasteiger partial charge in [-0.25, -0.2) is 15.0 Å². The fourth-order valence-corrected chi connectivity index (χ4v) is 3.45. The van der Waals surface area contributed by atoms with Gasteiger partial charge in [0, 0.05) is 19.5 Å². The Labute approximate surface area is 185 Å². The van der Waals surface area contributed by atoms with Crippen LogP contribution < -0.4 is 10.3 Å². The second-order valence-electron chi connectivity index (χ2n) is 7.66. The van der Waals surface area contributed by atoms with Crippen molar-refractivity contribution >= 4 is 27.9 Å². The van der Waals surface area contributed by atoms with E-state index in [1.807, 2.05) is 19.2 Å². The Bertz CT molecular complexity index is 1320. The lowest BCUT2D eigenvalue weighted by Gasteiger charge is -2.16. The molecule has 0 radical (unpaired) electrons. The first-order chi connectivity index (χ1) is 15.5. The number of carbonyl (C=O) groups is 1.